The van der Waals surface area contributed by atoms with Crippen molar-refractivity contribution in [3.63, 3.8) is 0 Å². The van der Waals surface area contributed by atoms with Crippen LogP contribution in [0.4, 0.5) is 0 Å². The minimum Gasteiger partial charge on any atom is -0.309 e. The largest absolute Gasteiger partial charge is 0.309 e. The van der Waals surface area contributed by atoms with E-state index in [0.717, 1.165) is 0 Å². The second-order valence-corrected chi connectivity index (χ2v) is 12.4. The molecule has 9 rings (SSSR count). The normalized spacial score (nSPS) is 14.1. The average molecular weight is 516 g/mol. The SMILES string of the molecule is CC1(C)c2ccccc2-c2ccc3c4c5ccccc5ccc4n(-c4ccc5sc6ccccc6c5c4)c3c21. The summed E-state index contributed by atoms with van der Waals surface area (Å²) in [6.45, 7) is 4.79. The predicted octanol–water partition coefficient (Wildman–Crippen LogP) is 10.6. The van der Waals surface area contributed by atoms with Crippen LogP contribution in [0.2, 0.25) is 0 Å². The molecule has 8 aromatic rings. The zero-order valence-corrected chi connectivity index (χ0v) is 22.6. The van der Waals surface area contributed by atoms with Crippen LogP contribution in [0.3, 0.4) is 0 Å². The van der Waals surface area contributed by atoms with Gasteiger partial charge in [0, 0.05) is 42.0 Å². The maximum atomic E-state index is 2.55. The Bertz CT molecular complexity index is 2310. The first-order valence-electron chi connectivity index (χ1n) is 13.6. The van der Waals surface area contributed by atoms with Crippen LogP contribution in [0.1, 0.15) is 25.0 Å². The van der Waals surface area contributed by atoms with Gasteiger partial charge in [0.15, 0.2) is 0 Å². The van der Waals surface area contributed by atoms with Crippen molar-refractivity contribution in [2.45, 2.75) is 19.3 Å². The molecule has 1 aliphatic rings. The quantitative estimate of drug-likeness (QED) is 0.205. The first kappa shape index (κ1) is 21.5. The van der Waals surface area contributed by atoms with Gasteiger partial charge in [-0.3, -0.25) is 0 Å². The molecule has 0 spiro atoms. The topological polar surface area (TPSA) is 4.93 Å². The molecule has 0 fully saturated rings. The molecule has 1 aliphatic carbocycles. The lowest BCUT2D eigenvalue weighted by molar-refractivity contribution is 0.664. The van der Waals surface area contributed by atoms with Gasteiger partial charge in [0.1, 0.15) is 0 Å². The van der Waals surface area contributed by atoms with Crippen molar-refractivity contribution in [2.75, 3.05) is 0 Å². The maximum absolute atomic E-state index is 2.55. The lowest BCUT2D eigenvalue weighted by atomic mass is 9.81. The number of fused-ring (bicyclic) bond motifs is 12. The average Bonchev–Trinajstić information content (AvgIpc) is 3.59. The molecule has 0 bridgehead atoms. The number of aromatic nitrogens is 1. The number of benzene rings is 6. The van der Waals surface area contributed by atoms with E-state index in [9.17, 15) is 0 Å². The third-order valence-corrected chi connectivity index (χ3v) is 10.1. The van der Waals surface area contributed by atoms with Crippen LogP contribution in [0, 0.1) is 0 Å². The summed E-state index contributed by atoms with van der Waals surface area (Å²) in [5, 5.41) is 7.94. The smallest absolute Gasteiger partial charge is 0.0588 e. The van der Waals surface area contributed by atoms with E-state index in [1.165, 1.54) is 80.7 Å². The fraction of sp³-hybridized carbons (Fsp3) is 0.0811. The summed E-state index contributed by atoms with van der Waals surface area (Å²) in [5.74, 6) is 0. The zero-order valence-electron chi connectivity index (χ0n) is 21.8. The molecule has 0 amide bonds. The van der Waals surface area contributed by atoms with E-state index in [1.54, 1.807) is 0 Å². The van der Waals surface area contributed by atoms with Gasteiger partial charge in [0.25, 0.3) is 0 Å². The lowest BCUT2D eigenvalue weighted by Crippen LogP contribution is -2.16. The summed E-state index contributed by atoms with van der Waals surface area (Å²) in [7, 11) is 0. The number of thiophene rings is 1. The highest BCUT2D eigenvalue weighted by Crippen LogP contribution is 2.53. The highest BCUT2D eigenvalue weighted by atomic mass is 32.1. The Balaban J connectivity index is 1.50. The second kappa shape index (κ2) is 7.37. The maximum Gasteiger partial charge on any atom is 0.0588 e. The number of nitrogens with zero attached hydrogens (tertiary/aromatic N) is 1. The highest BCUT2D eigenvalue weighted by Gasteiger charge is 2.38. The van der Waals surface area contributed by atoms with Gasteiger partial charge in [-0.05, 0) is 63.4 Å². The van der Waals surface area contributed by atoms with E-state index < -0.39 is 0 Å². The van der Waals surface area contributed by atoms with Crippen LogP contribution in [0.5, 0.6) is 0 Å². The molecule has 0 radical (unpaired) electrons. The molecule has 0 unspecified atom stereocenters. The molecular formula is C37H25NS. The summed E-state index contributed by atoms with van der Waals surface area (Å²) in [6, 6.07) is 43.0. The van der Waals surface area contributed by atoms with Crippen LogP contribution in [-0.4, -0.2) is 4.57 Å². The van der Waals surface area contributed by atoms with Crippen molar-refractivity contribution in [2.24, 2.45) is 0 Å². The second-order valence-electron chi connectivity index (χ2n) is 11.3. The minimum absolute atomic E-state index is 0.105. The Morgan fingerprint density at radius 1 is 0.590 bits per heavy atom. The van der Waals surface area contributed by atoms with Crippen molar-refractivity contribution < 1.29 is 0 Å². The van der Waals surface area contributed by atoms with E-state index in [0.29, 0.717) is 0 Å². The third-order valence-electron chi connectivity index (χ3n) is 8.95. The van der Waals surface area contributed by atoms with E-state index in [1.807, 2.05) is 11.3 Å². The summed E-state index contributed by atoms with van der Waals surface area (Å²) in [6.07, 6.45) is 0. The summed E-state index contributed by atoms with van der Waals surface area (Å²) in [5.41, 5.74) is 9.28. The summed E-state index contributed by atoms with van der Waals surface area (Å²) < 4.78 is 5.23. The summed E-state index contributed by atoms with van der Waals surface area (Å²) in [4.78, 5) is 0. The lowest BCUT2D eigenvalue weighted by Gasteiger charge is -2.23. The Morgan fingerprint density at radius 3 is 2.28 bits per heavy atom. The highest BCUT2D eigenvalue weighted by molar-refractivity contribution is 7.25. The molecule has 1 nitrogen and oxygen atoms in total. The fourth-order valence-electron chi connectivity index (χ4n) is 7.25. The molecule has 0 saturated heterocycles. The van der Waals surface area contributed by atoms with Crippen molar-refractivity contribution >= 4 is 64.1 Å². The van der Waals surface area contributed by atoms with Crippen LogP contribution in [0.15, 0.2) is 115 Å². The zero-order chi connectivity index (χ0) is 25.9. The van der Waals surface area contributed by atoms with E-state index in [4.69, 9.17) is 0 Å². The molecule has 0 N–H and O–H groups in total. The van der Waals surface area contributed by atoms with Gasteiger partial charge in [-0.15, -0.1) is 11.3 Å². The van der Waals surface area contributed by atoms with E-state index >= 15 is 0 Å². The van der Waals surface area contributed by atoms with Gasteiger partial charge < -0.3 is 4.57 Å². The standard InChI is InChI=1S/C37H25NS/c1-37(2)30-13-7-5-11-25(30)27-17-18-28-34-24-10-4-3-9-22(24)15-19-31(34)38(36(28)35(27)37)23-16-20-33-29(21-23)26-12-6-8-14-32(26)39-33/h3-21H,1-2H3. The van der Waals surface area contributed by atoms with E-state index in [-0.39, 0.29) is 5.41 Å². The molecule has 0 atom stereocenters. The Morgan fingerprint density at radius 2 is 1.36 bits per heavy atom. The van der Waals surface area contributed by atoms with Gasteiger partial charge in [-0.25, -0.2) is 0 Å². The summed E-state index contributed by atoms with van der Waals surface area (Å²) >= 11 is 1.88. The van der Waals surface area contributed by atoms with Gasteiger partial charge in [-0.1, -0.05) is 98.8 Å². The van der Waals surface area contributed by atoms with Crippen LogP contribution in [-0.2, 0) is 5.41 Å². The molecule has 39 heavy (non-hydrogen) atoms. The fourth-order valence-corrected chi connectivity index (χ4v) is 8.34. The molecule has 184 valence electrons. The van der Waals surface area contributed by atoms with Crippen molar-refractivity contribution in [1.82, 2.24) is 4.57 Å². The van der Waals surface area contributed by atoms with Crippen molar-refractivity contribution in [1.29, 1.82) is 0 Å². The van der Waals surface area contributed by atoms with Crippen LogP contribution >= 0.6 is 11.3 Å². The number of hydrogen-bond acceptors (Lipinski definition) is 1. The molecule has 2 heteroatoms. The predicted molar refractivity (Wildman–Crippen MR) is 169 cm³/mol. The van der Waals surface area contributed by atoms with Crippen LogP contribution < -0.4 is 0 Å². The molecule has 0 saturated carbocycles. The molecule has 2 heterocycles. The molecule has 0 aliphatic heterocycles. The first-order chi connectivity index (χ1) is 19.1. The molecule has 6 aromatic carbocycles. The van der Waals surface area contributed by atoms with Gasteiger partial charge in [-0.2, -0.15) is 0 Å². The molecular weight excluding hydrogens is 490 g/mol. The Hall–Kier alpha value is -4.40. The van der Waals surface area contributed by atoms with Crippen LogP contribution in [0.25, 0.3) is 69.6 Å². The third kappa shape index (κ3) is 2.69. The Labute approximate surface area is 230 Å². The monoisotopic (exact) mass is 515 g/mol. The van der Waals surface area contributed by atoms with Crippen molar-refractivity contribution in [3.8, 4) is 16.8 Å². The van der Waals surface area contributed by atoms with Crippen molar-refractivity contribution in [3.05, 3.63) is 126 Å². The minimum atomic E-state index is -0.105. The first-order valence-corrected chi connectivity index (χ1v) is 14.4. The van der Waals surface area contributed by atoms with Gasteiger partial charge >= 0.3 is 0 Å². The van der Waals surface area contributed by atoms with Gasteiger partial charge in [0.05, 0.1) is 11.0 Å². The van der Waals surface area contributed by atoms with E-state index in [2.05, 4.69) is 134 Å². The molecule has 2 aromatic heterocycles. The Kier molecular flexibility index (Phi) is 4.07. The number of hydrogen-bond donors (Lipinski definition) is 0. The van der Waals surface area contributed by atoms with Gasteiger partial charge in [0.2, 0.25) is 0 Å². The number of rotatable bonds is 1.